The lowest BCUT2D eigenvalue weighted by Crippen LogP contribution is -2.41. The van der Waals surface area contributed by atoms with E-state index in [1.807, 2.05) is 0 Å². The van der Waals surface area contributed by atoms with Crippen LogP contribution in [0, 0.1) is 5.92 Å². The molecule has 7 heteroatoms. The van der Waals surface area contributed by atoms with Gasteiger partial charge < -0.3 is 4.89 Å². The summed E-state index contributed by atoms with van der Waals surface area (Å²) >= 11 is 0. The molecular formula is C11H21N2O4P. The number of carbonyl (C=O) groups is 1. The molecule has 0 bridgehead atoms. The van der Waals surface area contributed by atoms with Crippen molar-refractivity contribution in [1.82, 2.24) is 9.96 Å². The smallest absolute Gasteiger partial charge is 0.310 e. The largest absolute Gasteiger partial charge is 0.596 e. The molecule has 6 nitrogen and oxygen atoms in total. The van der Waals surface area contributed by atoms with Gasteiger partial charge in [0.2, 0.25) is 5.91 Å². The Morgan fingerprint density at radius 1 is 1.39 bits per heavy atom. The van der Waals surface area contributed by atoms with Crippen LogP contribution in [0.2, 0.25) is 0 Å². The van der Waals surface area contributed by atoms with Crippen molar-refractivity contribution in [2.24, 2.45) is 5.92 Å². The zero-order valence-electron chi connectivity index (χ0n) is 10.7. The number of carbonyl (C=O) groups excluding carboxylic acids is 1. The molecule has 1 fully saturated rings. The third-order valence-corrected chi connectivity index (χ3v) is 3.81. The Balaban J connectivity index is 2.31. The van der Waals surface area contributed by atoms with E-state index in [1.165, 1.54) is 0 Å². The van der Waals surface area contributed by atoms with E-state index in [0.29, 0.717) is 11.6 Å². The molecule has 1 unspecified atom stereocenters. The SMILES string of the molecule is CN(CC[P+](=O)[O-])CN(O)C(=O)C1CCCCC1. The lowest BCUT2D eigenvalue weighted by molar-refractivity contribution is -0.179. The van der Waals surface area contributed by atoms with Crippen LogP contribution >= 0.6 is 8.03 Å². The molecule has 0 radical (unpaired) electrons. The van der Waals surface area contributed by atoms with E-state index in [4.69, 9.17) is 0 Å². The molecule has 0 spiro atoms. The van der Waals surface area contributed by atoms with Gasteiger partial charge in [-0.3, -0.25) is 14.9 Å². The minimum Gasteiger partial charge on any atom is -0.596 e. The molecule has 1 aliphatic rings. The molecule has 104 valence electrons. The van der Waals surface area contributed by atoms with Gasteiger partial charge in [-0.25, -0.2) is 5.06 Å². The van der Waals surface area contributed by atoms with Gasteiger partial charge in [-0.15, -0.1) is 0 Å². The highest BCUT2D eigenvalue weighted by atomic mass is 31.1. The van der Waals surface area contributed by atoms with Gasteiger partial charge in [0, 0.05) is 12.5 Å². The highest BCUT2D eigenvalue weighted by Gasteiger charge is 2.25. The molecule has 1 N–H and O–H groups in total. The topological polar surface area (TPSA) is 83.9 Å². The third-order valence-electron chi connectivity index (χ3n) is 3.25. The van der Waals surface area contributed by atoms with Gasteiger partial charge in [0.15, 0.2) is 6.16 Å². The Morgan fingerprint density at radius 3 is 2.56 bits per heavy atom. The Labute approximate surface area is 108 Å². The van der Waals surface area contributed by atoms with Gasteiger partial charge in [0.1, 0.15) is 6.67 Å². The number of rotatable bonds is 6. The quantitative estimate of drug-likeness (QED) is 0.335. The lowest BCUT2D eigenvalue weighted by atomic mass is 9.88. The molecule has 1 aliphatic carbocycles. The first-order valence-corrected chi connectivity index (χ1v) is 7.67. The minimum absolute atomic E-state index is 0.0390. The molecule has 0 heterocycles. The molecule has 0 aromatic carbocycles. The molecule has 1 amide bonds. The molecular weight excluding hydrogens is 255 g/mol. The number of hydrogen-bond acceptors (Lipinski definition) is 5. The molecule has 0 aromatic heterocycles. The van der Waals surface area contributed by atoms with E-state index in [0.717, 1.165) is 32.1 Å². The second kappa shape index (κ2) is 7.79. The lowest BCUT2D eigenvalue weighted by Gasteiger charge is -2.27. The molecule has 1 saturated carbocycles. The summed E-state index contributed by atoms with van der Waals surface area (Å²) in [6.07, 6.45) is 4.95. The Hall–Kier alpha value is -0.550. The van der Waals surface area contributed by atoms with Crippen LogP contribution in [0.1, 0.15) is 32.1 Å². The first-order valence-electron chi connectivity index (χ1n) is 6.31. The summed E-state index contributed by atoms with van der Waals surface area (Å²) < 4.78 is 10.4. The van der Waals surface area contributed by atoms with Crippen molar-refractivity contribution in [1.29, 1.82) is 0 Å². The van der Waals surface area contributed by atoms with E-state index < -0.39 is 8.03 Å². The fourth-order valence-corrected chi connectivity index (χ4v) is 2.69. The van der Waals surface area contributed by atoms with Gasteiger partial charge in [-0.2, -0.15) is 0 Å². The highest BCUT2D eigenvalue weighted by molar-refractivity contribution is 7.36. The number of hydroxylamine groups is 2. The molecule has 1 atom stereocenters. The monoisotopic (exact) mass is 276 g/mol. The average molecular weight is 276 g/mol. The summed E-state index contributed by atoms with van der Waals surface area (Å²) in [6, 6.07) is 0. The van der Waals surface area contributed by atoms with Gasteiger partial charge in [-0.1, -0.05) is 23.8 Å². The highest BCUT2D eigenvalue weighted by Crippen LogP contribution is 2.25. The average Bonchev–Trinajstić information content (AvgIpc) is 2.36. The van der Waals surface area contributed by atoms with Crippen LogP contribution in [0.5, 0.6) is 0 Å². The maximum absolute atomic E-state index is 11.9. The van der Waals surface area contributed by atoms with Crippen LogP contribution in [0.15, 0.2) is 0 Å². The van der Waals surface area contributed by atoms with Gasteiger partial charge in [0.05, 0.1) is 0 Å². The molecule has 0 saturated heterocycles. The van der Waals surface area contributed by atoms with Crippen molar-refractivity contribution in [2.45, 2.75) is 32.1 Å². The summed E-state index contributed by atoms with van der Waals surface area (Å²) in [5.41, 5.74) is 0. The van der Waals surface area contributed by atoms with Crippen molar-refractivity contribution >= 4 is 13.9 Å². The number of amides is 1. The zero-order valence-corrected chi connectivity index (χ0v) is 11.6. The van der Waals surface area contributed by atoms with Crippen LogP contribution < -0.4 is 4.89 Å². The first kappa shape index (κ1) is 15.5. The van der Waals surface area contributed by atoms with E-state index in [9.17, 15) is 19.5 Å². The van der Waals surface area contributed by atoms with Crippen LogP contribution in [0.3, 0.4) is 0 Å². The van der Waals surface area contributed by atoms with Crippen LogP contribution in [0.4, 0.5) is 0 Å². The second-order valence-corrected chi connectivity index (χ2v) is 5.96. The fraction of sp³-hybridized carbons (Fsp3) is 0.909. The standard InChI is InChI=1S/C11H21N2O4P/c1-12(7-8-18(16)17)9-13(15)11(14)10-5-3-2-4-6-10/h10,15H,2-9H2,1H3. The van der Waals surface area contributed by atoms with Crippen molar-refractivity contribution in [3.05, 3.63) is 0 Å². The van der Waals surface area contributed by atoms with Crippen molar-refractivity contribution in [3.8, 4) is 0 Å². The summed E-state index contributed by atoms with van der Waals surface area (Å²) in [4.78, 5) is 24.0. The maximum atomic E-state index is 11.9. The fourth-order valence-electron chi connectivity index (χ4n) is 2.18. The molecule has 0 aliphatic heterocycles. The molecule has 0 aromatic rings. The second-order valence-electron chi connectivity index (χ2n) is 4.85. The number of nitrogens with zero attached hydrogens (tertiary/aromatic N) is 2. The predicted molar refractivity (Wildman–Crippen MR) is 65.2 cm³/mol. The van der Waals surface area contributed by atoms with Gasteiger partial charge in [-0.05, 0) is 19.9 Å². The van der Waals surface area contributed by atoms with Crippen LogP contribution in [-0.4, -0.2) is 47.5 Å². The summed E-state index contributed by atoms with van der Waals surface area (Å²) in [5, 5.41) is 10.4. The Morgan fingerprint density at radius 2 is 2.00 bits per heavy atom. The normalized spacial score (nSPS) is 17.9. The first-order chi connectivity index (χ1) is 8.50. The van der Waals surface area contributed by atoms with Crippen LogP contribution in [-0.2, 0) is 9.36 Å². The van der Waals surface area contributed by atoms with E-state index in [-0.39, 0.29) is 24.7 Å². The molecule has 18 heavy (non-hydrogen) atoms. The Bertz CT molecular complexity index is 295. The zero-order chi connectivity index (χ0) is 13.5. The van der Waals surface area contributed by atoms with Gasteiger partial charge >= 0.3 is 8.03 Å². The predicted octanol–water partition coefficient (Wildman–Crippen LogP) is 0.776. The van der Waals surface area contributed by atoms with Crippen molar-refractivity contribution in [3.63, 3.8) is 0 Å². The van der Waals surface area contributed by atoms with Gasteiger partial charge in [0.25, 0.3) is 0 Å². The van der Waals surface area contributed by atoms with E-state index in [2.05, 4.69) is 0 Å². The summed E-state index contributed by atoms with van der Waals surface area (Å²) in [7, 11) is -0.735. The third kappa shape index (κ3) is 5.40. The maximum Gasteiger partial charge on any atom is 0.310 e. The van der Waals surface area contributed by atoms with E-state index in [1.54, 1.807) is 11.9 Å². The van der Waals surface area contributed by atoms with Crippen LogP contribution in [0.25, 0.3) is 0 Å². The summed E-state index contributed by atoms with van der Waals surface area (Å²) in [5.74, 6) is -0.318. The van der Waals surface area contributed by atoms with Crippen molar-refractivity contribution in [2.75, 3.05) is 26.4 Å². The van der Waals surface area contributed by atoms with Crippen molar-refractivity contribution < 1.29 is 19.5 Å². The van der Waals surface area contributed by atoms with E-state index >= 15 is 0 Å². The number of hydrogen-bond donors (Lipinski definition) is 1. The Kier molecular flexibility index (Phi) is 6.71. The minimum atomic E-state index is -2.41. The molecule has 1 rings (SSSR count). The summed E-state index contributed by atoms with van der Waals surface area (Å²) in [6.45, 7) is 0.367.